The minimum absolute atomic E-state index is 0.105. The second-order valence-electron chi connectivity index (χ2n) is 7.47. The van der Waals surface area contributed by atoms with Crippen LogP contribution in [0.4, 0.5) is 0 Å². The Bertz CT molecular complexity index is 1150. The lowest BCUT2D eigenvalue weighted by atomic mass is 9.98. The van der Waals surface area contributed by atoms with Crippen LogP contribution in [0.2, 0.25) is 0 Å². The molecule has 1 aliphatic rings. The van der Waals surface area contributed by atoms with Crippen molar-refractivity contribution in [2.45, 2.75) is 24.3 Å². The van der Waals surface area contributed by atoms with Crippen molar-refractivity contribution in [3.8, 4) is 16.3 Å². The maximum Gasteiger partial charge on any atom is 0.309 e. The molecule has 0 bridgehead atoms. The Morgan fingerprint density at radius 1 is 1.09 bits per heavy atom. The summed E-state index contributed by atoms with van der Waals surface area (Å²) in [5.74, 6) is 0.166. The van der Waals surface area contributed by atoms with Crippen LogP contribution >= 0.6 is 11.3 Å². The van der Waals surface area contributed by atoms with Crippen LogP contribution in [0.5, 0.6) is 5.75 Å². The summed E-state index contributed by atoms with van der Waals surface area (Å²) < 4.78 is 37.5. The zero-order chi connectivity index (χ0) is 22.6. The molecule has 4 rings (SSSR count). The van der Waals surface area contributed by atoms with Crippen LogP contribution in [0.15, 0.2) is 64.9 Å². The number of carbonyl (C=O) groups excluding carboxylic acids is 1. The number of methoxy groups -OCH3 is 1. The molecule has 0 N–H and O–H groups in total. The minimum Gasteiger partial charge on any atom is -0.497 e. The van der Waals surface area contributed by atoms with E-state index in [0.29, 0.717) is 31.6 Å². The number of hydrogen-bond donors (Lipinski definition) is 0. The third kappa shape index (κ3) is 5.01. The van der Waals surface area contributed by atoms with Gasteiger partial charge in [0.2, 0.25) is 10.0 Å². The summed E-state index contributed by atoms with van der Waals surface area (Å²) in [7, 11) is -1.91. The number of esters is 1. The second-order valence-corrected chi connectivity index (χ2v) is 10.3. The maximum absolute atomic E-state index is 12.7. The number of piperidine rings is 1. The molecule has 32 heavy (non-hydrogen) atoms. The van der Waals surface area contributed by atoms with Gasteiger partial charge in [-0.3, -0.25) is 4.79 Å². The lowest BCUT2D eigenvalue weighted by Gasteiger charge is -2.30. The van der Waals surface area contributed by atoms with E-state index in [1.807, 2.05) is 29.6 Å². The fourth-order valence-electron chi connectivity index (χ4n) is 3.58. The zero-order valence-corrected chi connectivity index (χ0v) is 19.3. The minimum atomic E-state index is -3.53. The van der Waals surface area contributed by atoms with Crippen molar-refractivity contribution in [2.75, 3.05) is 20.2 Å². The number of aromatic nitrogens is 1. The van der Waals surface area contributed by atoms with E-state index in [4.69, 9.17) is 9.47 Å². The first kappa shape index (κ1) is 22.4. The highest BCUT2D eigenvalue weighted by molar-refractivity contribution is 7.89. The number of thiazole rings is 1. The number of ether oxygens (including phenoxy) is 2. The number of nitrogens with zero attached hydrogens (tertiary/aromatic N) is 2. The van der Waals surface area contributed by atoms with Crippen molar-refractivity contribution < 1.29 is 22.7 Å². The lowest BCUT2D eigenvalue weighted by Crippen LogP contribution is -2.40. The normalized spacial score (nSPS) is 15.4. The molecule has 168 valence electrons. The van der Waals surface area contributed by atoms with Crippen LogP contribution < -0.4 is 4.74 Å². The zero-order valence-electron chi connectivity index (χ0n) is 17.6. The molecule has 1 aromatic heterocycles. The summed E-state index contributed by atoms with van der Waals surface area (Å²) in [4.78, 5) is 17.3. The summed E-state index contributed by atoms with van der Waals surface area (Å²) in [6.45, 7) is 0.707. The standard InChI is InChI=1S/C23H24N2O5S2/c1-29-20-9-7-17(8-10-20)22-24-19(16-31-22)15-30-23(26)18-11-13-25(14-12-18)32(27,28)21-5-3-2-4-6-21/h2-10,16,18H,11-15H2,1H3. The van der Waals surface area contributed by atoms with Gasteiger partial charge in [0.15, 0.2) is 0 Å². The molecule has 3 aromatic rings. The summed E-state index contributed by atoms with van der Waals surface area (Å²) in [6.07, 6.45) is 0.887. The Balaban J connectivity index is 1.29. The molecule has 0 amide bonds. The van der Waals surface area contributed by atoms with Crippen LogP contribution in [-0.4, -0.2) is 43.9 Å². The van der Waals surface area contributed by atoms with Crippen LogP contribution in [0.1, 0.15) is 18.5 Å². The molecule has 0 aliphatic carbocycles. The molecule has 0 saturated carbocycles. The average Bonchev–Trinajstić information content (AvgIpc) is 3.32. The number of hydrogen-bond acceptors (Lipinski definition) is 7. The van der Waals surface area contributed by atoms with Crippen molar-refractivity contribution in [3.63, 3.8) is 0 Å². The summed E-state index contributed by atoms with van der Waals surface area (Å²) in [5, 5.41) is 2.72. The van der Waals surface area contributed by atoms with Crippen molar-refractivity contribution in [2.24, 2.45) is 5.92 Å². The van der Waals surface area contributed by atoms with Crippen molar-refractivity contribution in [1.29, 1.82) is 0 Å². The van der Waals surface area contributed by atoms with Gasteiger partial charge in [-0.25, -0.2) is 13.4 Å². The summed E-state index contributed by atoms with van der Waals surface area (Å²) in [6, 6.07) is 16.0. The predicted octanol–water partition coefficient (Wildman–Crippen LogP) is 3.96. The van der Waals surface area contributed by atoms with E-state index >= 15 is 0 Å². The van der Waals surface area contributed by atoms with Gasteiger partial charge >= 0.3 is 5.97 Å². The number of rotatable bonds is 7. The molecular weight excluding hydrogens is 448 g/mol. The Kier molecular flexibility index (Phi) is 6.88. The molecule has 0 spiro atoms. The highest BCUT2D eigenvalue weighted by Crippen LogP contribution is 2.27. The van der Waals surface area contributed by atoms with Gasteiger partial charge in [-0.1, -0.05) is 18.2 Å². The van der Waals surface area contributed by atoms with E-state index in [9.17, 15) is 13.2 Å². The maximum atomic E-state index is 12.7. The van der Waals surface area contributed by atoms with E-state index in [1.165, 1.54) is 15.6 Å². The Hall–Kier alpha value is -2.75. The van der Waals surface area contributed by atoms with E-state index < -0.39 is 10.0 Å². The molecule has 1 aliphatic heterocycles. The SMILES string of the molecule is COc1ccc(-c2nc(COC(=O)C3CCN(S(=O)(=O)c4ccccc4)CC3)cs2)cc1. The fourth-order valence-corrected chi connectivity index (χ4v) is 5.88. The quantitative estimate of drug-likeness (QED) is 0.484. The van der Waals surface area contributed by atoms with Crippen LogP contribution in [0, 0.1) is 5.92 Å². The van der Waals surface area contributed by atoms with Crippen molar-refractivity contribution >= 4 is 27.3 Å². The second kappa shape index (κ2) is 9.81. The average molecular weight is 473 g/mol. The Morgan fingerprint density at radius 3 is 2.44 bits per heavy atom. The van der Waals surface area contributed by atoms with Crippen LogP contribution in [0.25, 0.3) is 10.6 Å². The molecule has 1 saturated heterocycles. The third-order valence-electron chi connectivity index (χ3n) is 5.42. The molecule has 0 unspecified atom stereocenters. The van der Waals surface area contributed by atoms with Crippen LogP contribution in [0.3, 0.4) is 0 Å². The Labute approximate surface area is 191 Å². The topological polar surface area (TPSA) is 85.8 Å². The highest BCUT2D eigenvalue weighted by Gasteiger charge is 2.32. The third-order valence-corrected chi connectivity index (χ3v) is 8.27. The molecule has 9 heteroatoms. The first-order chi connectivity index (χ1) is 15.5. The van der Waals surface area contributed by atoms with E-state index in [2.05, 4.69) is 4.98 Å². The van der Waals surface area contributed by atoms with Crippen molar-refractivity contribution in [3.05, 3.63) is 65.7 Å². The monoisotopic (exact) mass is 472 g/mol. The molecule has 7 nitrogen and oxygen atoms in total. The van der Waals surface area contributed by atoms with Gasteiger partial charge in [0.05, 0.1) is 23.6 Å². The van der Waals surface area contributed by atoms with Gasteiger partial charge in [-0.15, -0.1) is 11.3 Å². The van der Waals surface area contributed by atoms with Gasteiger partial charge in [-0.2, -0.15) is 4.31 Å². The summed E-state index contributed by atoms with van der Waals surface area (Å²) in [5.41, 5.74) is 1.67. The smallest absolute Gasteiger partial charge is 0.309 e. The molecule has 0 radical (unpaired) electrons. The Morgan fingerprint density at radius 2 is 1.78 bits per heavy atom. The van der Waals surface area contributed by atoms with Crippen LogP contribution in [-0.2, 0) is 26.2 Å². The summed E-state index contributed by atoms with van der Waals surface area (Å²) >= 11 is 1.49. The van der Waals surface area contributed by atoms with Crippen molar-refractivity contribution in [1.82, 2.24) is 9.29 Å². The van der Waals surface area contributed by atoms with E-state index in [0.717, 1.165) is 16.3 Å². The van der Waals surface area contributed by atoms with Gasteiger partial charge in [0.1, 0.15) is 17.4 Å². The van der Waals surface area contributed by atoms with Gasteiger partial charge in [0, 0.05) is 24.0 Å². The first-order valence-corrected chi connectivity index (χ1v) is 12.6. The van der Waals surface area contributed by atoms with E-state index in [-0.39, 0.29) is 23.4 Å². The molecule has 2 aromatic carbocycles. The van der Waals surface area contributed by atoms with Gasteiger partial charge in [0.25, 0.3) is 0 Å². The lowest BCUT2D eigenvalue weighted by molar-refractivity contribution is -0.151. The number of sulfonamides is 1. The fraction of sp³-hybridized carbons (Fsp3) is 0.304. The highest BCUT2D eigenvalue weighted by atomic mass is 32.2. The number of carbonyl (C=O) groups is 1. The first-order valence-electron chi connectivity index (χ1n) is 10.3. The number of benzene rings is 2. The molecular formula is C23H24N2O5S2. The molecule has 2 heterocycles. The largest absolute Gasteiger partial charge is 0.497 e. The predicted molar refractivity (Wildman–Crippen MR) is 122 cm³/mol. The molecule has 1 fully saturated rings. The molecule has 0 atom stereocenters. The van der Waals surface area contributed by atoms with E-state index in [1.54, 1.807) is 37.4 Å². The van der Waals surface area contributed by atoms with Gasteiger partial charge in [-0.05, 0) is 49.2 Å². The van der Waals surface area contributed by atoms with Gasteiger partial charge < -0.3 is 9.47 Å².